The van der Waals surface area contributed by atoms with E-state index in [9.17, 15) is 9.59 Å². The molecule has 1 fully saturated rings. The van der Waals surface area contributed by atoms with E-state index in [0.717, 1.165) is 11.3 Å². The molecule has 0 saturated carbocycles. The van der Waals surface area contributed by atoms with Crippen molar-refractivity contribution in [3.8, 4) is 0 Å². The van der Waals surface area contributed by atoms with Crippen LogP contribution < -0.4 is 10.6 Å². The highest BCUT2D eigenvalue weighted by Crippen LogP contribution is 2.12. The fraction of sp³-hybridized carbons (Fsp3) is 0.500. The van der Waals surface area contributed by atoms with E-state index >= 15 is 0 Å². The van der Waals surface area contributed by atoms with Gasteiger partial charge in [0, 0.05) is 31.7 Å². The second-order valence-electron chi connectivity index (χ2n) is 5.27. The number of morpholine rings is 1. The van der Waals surface area contributed by atoms with E-state index in [-0.39, 0.29) is 11.8 Å². The molecule has 0 spiro atoms. The second-order valence-corrected chi connectivity index (χ2v) is 5.27. The van der Waals surface area contributed by atoms with Crippen molar-refractivity contribution in [3.63, 3.8) is 0 Å². The van der Waals surface area contributed by atoms with Crippen molar-refractivity contribution in [2.45, 2.75) is 12.8 Å². The minimum Gasteiger partial charge on any atom is -0.378 e. The van der Waals surface area contributed by atoms with Gasteiger partial charge in [-0.2, -0.15) is 0 Å². The van der Waals surface area contributed by atoms with Gasteiger partial charge in [-0.25, -0.2) is 0 Å². The van der Waals surface area contributed by atoms with Gasteiger partial charge >= 0.3 is 0 Å². The molecule has 1 aromatic carbocycles. The Morgan fingerprint density at radius 2 is 1.86 bits per heavy atom. The lowest BCUT2D eigenvalue weighted by molar-refractivity contribution is -0.134. The standard InChI is InChI=1S/C16H23N3O3/c1-17-7-6-15(20)18-14-4-2-13(3-5-14)12-16(21)19-8-10-22-11-9-19/h2-5,17H,6-12H2,1H3,(H,18,20). The molecule has 1 aliphatic rings. The highest BCUT2D eigenvalue weighted by Gasteiger charge is 2.16. The maximum atomic E-state index is 12.1. The van der Waals surface area contributed by atoms with Crippen LogP contribution in [0.3, 0.4) is 0 Å². The zero-order chi connectivity index (χ0) is 15.8. The molecule has 0 unspecified atom stereocenters. The van der Waals surface area contributed by atoms with Crippen LogP contribution in [0, 0.1) is 0 Å². The molecule has 0 aromatic heterocycles. The van der Waals surface area contributed by atoms with Crippen molar-refractivity contribution in [1.82, 2.24) is 10.2 Å². The second kappa shape index (κ2) is 8.51. The molecular weight excluding hydrogens is 282 g/mol. The summed E-state index contributed by atoms with van der Waals surface area (Å²) < 4.78 is 5.24. The first-order chi connectivity index (χ1) is 10.7. The third-order valence-electron chi connectivity index (χ3n) is 3.56. The summed E-state index contributed by atoms with van der Waals surface area (Å²) in [7, 11) is 1.81. The summed E-state index contributed by atoms with van der Waals surface area (Å²) >= 11 is 0. The minimum absolute atomic E-state index is 0.0218. The third kappa shape index (κ3) is 5.13. The molecule has 2 N–H and O–H groups in total. The van der Waals surface area contributed by atoms with Crippen LogP contribution in [0.15, 0.2) is 24.3 Å². The molecule has 6 nitrogen and oxygen atoms in total. The zero-order valence-electron chi connectivity index (χ0n) is 12.9. The highest BCUT2D eigenvalue weighted by atomic mass is 16.5. The van der Waals surface area contributed by atoms with Crippen molar-refractivity contribution in [1.29, 1.82) is 0 Å². The predicted molar refractivity (Wildman–Crippen MR) is 84.7 cm³/mol. The number of ether oxygens (including phenoxy) is 1. The number of anilines is 1. The molecule has 1 aromatic rings. The number of nitrogens with zero attached hydrogens (tertiary/aromatic N) is 1. The van der Waals surface area contributed by atoms with Crippen LogP contribution in [0.2, 0.25) is 0 Å². The van der Waals surface area contributed by atoms with Crippen molar-refractivity contribution in [2.24, 2.45) is 0 Å². The van der Waals surface area contributed by atoms with Crippen LogP contribution >= 0.6 is 0 Å². The van der Waals surface area contributed by atoms with Gasteiger partial charge in [-0.3, -0.25) is 9.59 Å². The largest absolute Gasteiger partial charge is 0.378 e. The van der Waals surface area contributed by atoms with Crippen molar-refractivity contribution < 1.29 is 14.3 Å². The van der Waals surface area contributed by atoms with E-state index in [0.29, 0.717) is 45.7 Å². The lowest BCUT2D eigenvalue weighted by Crippen LogP contribution is -2.41. The Labute approximate surface area is 130 Å². The molecule has 2 rings (SSSR count). The van der Waals surface area contributed by atoms with E-state index in [2.05, 4.69) is 10.6 Å². The fourth-order valence-corrected chi connectivity index (χ4v) is 2.27. The van der Waals surface area contributed by atoms with E-state index in [1.165, 1.54) is 0 Å². The summed E-state index contributed by atoms with van der Waals surface area (Å²) in [5.74, 6) is 0.0978. The Morgan fingerprint density at radius 1 is 1.18 bits per heavy atom. The summed E-state index contributed by atoms with van der Waals surface area (Å²) in [6.45, 7) is 3.21. The number of nitrogens with one attached hydrogen (secondary N) is 2. The van der Waals surface area contributed by atoms with Crippen molar-refractivity contribution in [2.75, 3.05) is 45.2 Å². The smallest absolute Gasteiger partial charge is 0.227 e. The van der Waals surface area contributed by atoms with Crippen molar-refractivity contribution >= 4 is 17.5 Å². The summed E-state index contributed by atoms with van der Waals surface area (Å²) in [6.07, 6.45) is 0.821. The van der Waals surface area contributed by atoms with Crippen LogP contribution in [0.25, 0.3) is 0 Å². The quantitative estimate of drug-likeness (QED) is 0.809. The fourth-order valence-electron chi connectivity index (χ4n) is 2.27. The lowest BCUT2D eigenvalue weighted by Gasteiger charge is -2.26. The minimum atomic E-state index is -0.0218. The lowest BCUT2D eigenvalue weighted by atomic mass is 10.1. The highest BCUT2D eigenvalue weighted by molar-refractivity contribution is 5.90. The number of carbonyl (C=O) groups is 2. The number of amides is 2. The monoisotopic (exact) mass is 305 g/mol. The van der Waals surface area contributed by atoms with E-state index in [1.54, 1.807) is 0 Å². The van der Waals surface area contributed by atoms with Gasteiger partial charge in [0.15, 0.2) is 0 Å². The number of hydrogen-bond acceptors (Lipinski definition) is 4. The number of hydrogen-bond donors (Lipinski definition) is 2. The Hall–Kier alpha value is -1.92. The molecule has 120 valence electrons. The maximum absolute atomic E-state index is 12.1. The normalized spacial score (nSPS) is 14.7. The van der Waals surface area contributed by atoms with E-state index in [1.807, 2.05) is 36.2 Å². The van der Waals surface area contributed by atoms with Crippen molar-refractivity contribution in [3.05, 3.63) is 29.8 Å². The molecule has 1 saturated heterocycles. The Balaban J connectivity index is 1.83. The van der Waals surface area contributed by atoms with Gasteiger partial charge < -0.3 is 20.3 Å². The average molecular weight is 305 g/mol. The summed E-state index contributed by atoms with van der Waals surface area (Å²) in [6, 6.07) is 7.43. The zero-order valence-corrected chi connectivity index (χ0v) is 12.9. The van der Waals surface area contributed by atoms with Gasteiger partial charge in [0.2, 0.25) is 11.8 Å². The first-order valence-electron chi connectivity index (χ1n) is 7.58. The summed E-state index contributed by atoms with van der Waals surface area (Å²) in [4.78, 5) is 25.6. The first-order valence-corrected chi connectivity index (χ1v) is 7.58. The number of rotatable bonds is 6. The van der Waals surface area contributed by atoms with Crippen LogP contribution in [-0.4, -0.2) is 56.6 Å². The van der Waals surface area contributed by atoms with Crippen LogP contribution in [0.4, 0.5) is 5.69 Å². The molecular formula is C16H23N3O3. The molecule has 1 heterocycles. The molecule has 22 heavy (non-hydrogen) atoms. The van der Waals surface area contributed by atoms with Gasteiger partial charge in [0.05, 0.1) is 19.6 Å². The van der Waals surface area contributed by atoms with E-state index < -0.39 is 0 Å². The summed E-state index contributed by atoms with van der Waals surface area (Å²) in [5, 5.41) is 5.76. The Morgan fingerprint density at radius 3 is 2.50 bits per heavy atom. The molecule has 0 aliphatic carbocycles. The number of carbonyl (C=O) groups excluding carboxylic acids is 2. The van der Waals surface area contributed by atoms with Crippen LogP contribution in [0.1, 0.15) is 12.0 Å². The molecule has 2 amide bonds. The Kier molecular flexibility index (Phi) is 6.36. The van der Waals surface area contributed by atoms with Gasteiger partial charge in [-0.05, 0) is 24.7 Å². The van der Waals surface area contributed by atoms with Gasteiger partial charge in [-0.15, -0.1) is 0 Å². The molecule has 0 atom stereocenters. The van der Waals surface area contributed by atoms with Gasteiger partial charge in [0.25, 0.3) is 0 Å². The van der Waals surface area contributed by atoms with E-state index in [4.69, 9.17) is 4.74 Å². The topological polar surface area (TPSA) is 70.7 Å². The summed E-state index contributed by atoms with van der Waals surface area (Å²) in [5.41, 5.74) is 1.70. The van der Waals surface area contributed by atoms with Gasteiger partial charge in [-0.1, -0.05) is 12.1 Å². The molecule has 1 aliphatic heterocycles. The van der Waals surface area contributed by atoms with Gasteiger partial charge in [0.1, 0.15) is 0 Å². The molecule has 6 heteroatoms. The van der Waals surface area contributed by atoms with Crippen LogP contribution in [-0.2, 0) is 20.7 Å². The SMILES string of the molecule is CNCCC(=O)Nc1ccc(CC(=O)N2CCOCC2)cc1. The number of benzene rings is 1. The van der Waals surface area contributed by atoms with Crippen LogP contribution in [0.5, 0.6) is 0 Å². The maximum Gasteiger partial charge on any atom is 0.227 e. The predicted octanol–water partition coefficient (Wildman–Crippen LogP) is 0.636. The molecule has 0 bridgehead atoms. The Bertz CT molecular complexity index is 496. The third-order valence-corrected chi connectivity index (χ3v) is 3.56. The molecule has 0 radical (unpaired) electrons. The average Bonchev–Trinajstić information content (AvgIpc) is 2.55. The first kappa shape index (κ1) is 16.5.